The van der Waals surface area contributed by atoms with Crippen LogP contribution < -0.4 is 5.41 Å². The molecule has 0 heterocycles. The molecule has 0 aromatic carbocycles. The minimum Gasteiger partial charge on any atom is -0.418 e. The maximum absolute atomic E-state index is 9.75. The van der Waals surface area contributed by atoms with Gasteiger partial charge in [0.1, 0.15) is 0 Å². The Labute approximate surface area is 65.0 Å². The predicted molar refractivity (Wildman–Crippen MR) is 36.7 cm³/mol. The number of aldehydes is 1. The first kappa shape index (κ1) is 13.1. The number of nitrogens with two attached hydrogens (primary N) is 1. The topological polar surface area (TPSA) is 42.7 Å². The normalized spacial score (nSPS) is 9.55. The molecule has 8 heteroatoms. The quantitative estimate of drug-likeness (QED) is 0.208. The summed E-state index contributed by atoms with van der Waals surface area (Å²) in [5.41, 5.74) is 0. The Morgan fingerprint density at radius 3 is 1.73 bits per heavy atom. The molecule has 0 aromatic heterocycles. The van der Waals surface area contributed by atoms with Crippen LogP contribution in [0.15, 0.2) is 0 Å². The van der Waals surface area contributed by atoms with Gasteiger partial charge in [0.05, 0.1) is 0 Å². The fraction of sp³-hybridized carbons (Fsp3) is 0.333. The van der Waals surface area contributed by atoms with Crippen molar-refractivity contribution in [2.24, 2.45) is 0 Å². The third-order valence-electron chi connectivity index (χ3n) is 0.352. The van der Waals surface area contributed by atoms with E-state index >= 15 is 0 Å². The van der Waals surface area contributed by atoms with E-state index < -0.39 is 7.25 Å². The molecule has 0 fully saturated rings. The van der Waals surface area contributed by atoms with Crippen LogP contribution in [0.5, 0.6) is 0 Å². The molecule has 0 bridgehead atoms. The van der Waals surface area contributed by atoms with Gasteiger partial charge in [-0.3, -0.25) is 4.79 Å². The van der Waals surface area contributed by atoms with Crippen LogP contribution in [0.4, 0.5) is 17.3 Å². The summed E-state index contributed by atoms with van der Waals surface area (Å²) in [6, 6.07) is 0. The molecule has 0 saturated carbocycles. The maximum atomic E-state index is 9.75. The summed E-state index contributed by atoms with van der Waals surface area (Å²) >= 11 is 1.25. The van der Waals surface area contributed by atoms with Crippen molar-refractivity contribution in [3.8, 4) is 0 Å². The average molecular weight is 191 g/mol. The van der Waals surface area contributed by atoms with Crippen molar-refractivity contribution in [3.63, 3.8) is 0 Å². The van der Waals surface area contributed by atoms with Gasteiger partial charge in [0, 0.05) is 0 Å². The number of carbonyl (C=O) groups excluding carboxylic acids is 1. The van der Waals surface area contributed by atoms with Crippen LogP contribution in [0.25, 0.3) is 0 Å². The second-order valence-electron chi connectivity index (χ2n) is 1.22. The van der Waals surface area contributed by atoms with Crippen LogP contribution in [0, 0.1) is 0 Å². The minimum absolute atomic E-state index is 0.329. The Morgan fingerprint density at radius 1 is 1.45 bits per heavy atom. The molecule has 0 amide bonds. The van der Waals surface area contributed by atoms with E-state index in [1.54, 1.807) is 6.26 Å². The molecule has 2 nitrogen and oxygen atoms in total. The molecule has 2 N–H and O–H groups in total. The first-order valence-electron chi connectivity index (χ1n) is 2.30. The minimum atomic E-state index is -6.00. The smallest absolute Gasteiger partial charge is 0.418 e. The van der Waals surface area contributed by atoms with Crippen molar-refractivity contribution in [1.82, 2.24) is 0 Å². The number of hydrogen-bond acceptors (Lipinski definition) is 2. The Hall–Kier alpha value is -0.525. The van der Waals surface area contributed by atoms with Gasteiger partial charge in [-0.05, 0) is 6.26 Å². The molecule has 0 rings (SSSR count). The summed E-state index contributed by atoms with van der Waals surface area (Å²) in [6.07, 6.45) is 2.38. The van der Waals surface area contributed by atoms with E-state index in [1.807, 2.05) is 0 Å². The molecule has 0 radical (unpaired) electrons. The van der Waals surface area contributed by atoms with Gasteiger partial charge in [0.15, 0.2) is 0 Å². The molecule has 11 heavy (non-hydrogen) atoms. The van der Waals surface area contributed by atoms with Gasteiger partial charge in [-0.25, -0.2) is 5.41 Å². The highest BCUT2D eigenvalue weighted by Gasteiger charge is 2.20. The van der Waals surface area contributed by atoms with Crippen LogP contribution >= 0.6 is 11.8 Å². The summed E-state index contributed by atoms with van der Waals surface area (Å²) in [5.74, 6) is 0. The lowest BCUT2D eigenvalue weighted by atomic mass is 10.3. The van der Waals surface area contributed by atoms with E-state index in [9.17, 15) is 22.1 Å². The molecule has 0 spiro atoms. The van der Waals surface area contributed by atoms with E-state index in [4.69, 9.17) is 5.41 Å². The van der Waals surface area contributed by atoms with E-state index in [0.29, 0.717) is 11.3 Å². The van der Waals surface area contributed by atoms with Gasteiger partial charge in [0.25, 0.3) is 5.04 Å². The number of hydrogen-bond donors (Lipinski definition) is 1. The van der Waals surface area contributed by atoms with Crippen LogP contribution in [0.2, 0.25) is 0 Å². The molecule has 0 aliphatic heterocycles. The Morgan fingerprint density at radius 2 is 1.73 bits per heavy atom. The van der Waals surface area contributed by atoms with Gasteiger partial charge in [0.2, 0.25) is 6.29 Å². The second-order valence-corrected chi connectivity index (χ2v) is 2.10. The van der Waals surface area contributed by atoms with Gasteiger partial charge < -0.3 is 17.3 Å². The van der Waals surface area contributed by atoms with Crippen molar-refractivity contribution in [2.75, 3.05) is 6.26 Å². The molecule has 0 aliphatic carbocycles. The van der Waals surface area contributed by atoms with Gasteiger partial charge in [-0.2, -0.15) is 0 Å². The summed E-state index contributed by atoms with van der Waals surface area (Å²) in [6.45, 7) is 0. The molecular weight excluding hydrogens is 185 g/mol. The fourth-order valence-electron chi connectivity index (χ4n) is 0.0481. The lowest BCUT2D eigenvalue weighted by Gasteiger charge is -1.94. The monoisotopic (exact) mass is 191 g/mol. The van der Waals surface area contributed by atoms with Crippen LogP contribution in [-0.2, 0) is 4.79 Å². The third kappa shape index (κ3) is 43.8. The fourth-order valence-corrected chi connectivity index (χ4v) is 0.144. The standard InChI is InChI=1S/C3H5NOS.BF4/c1-6-3(4)2-5;2-1(3,4)5/h2,4H,1H3;/q;-1/p+1. The first-order valence-corrected chi connectivity index (χ1v) is 3.52. The highest BCUT2D eigenvalue weighted by molar-refractivity contribution is 8.14. The lowest BCUT2D eigenvalue weighted by molar-refractivity contribution is -0.124. The zero-order valence-electron chi connectivity index (χ0n) is 5.56. The van der Waals surface area contributed by atoms with Crippen molar-refractivity contribution in [3.05, 3.63) is 0 Å². The van der Waals surface area contributed by atoms with Crippen LogP contribution in [0.1, 0.15) is 0 Å². The first-order chi connectivity index (χ1) is 4.81. The lowest BCUT2D eigenvalue weighted by Crippen LogP contribution is -2.38. The zero-order chi connectivity index (χ0) is 9.49. The van der Waals surface area contributed by atoms with Crippen molar-refractivity contribution in [2.45, 2.75) is 0 Å². The molecule has 0 unspecified atom stereocenters. The van der Waals surface area contributed by atoms with Crippen LogP contribution in [0.3, 0.4) is 0 Å². The summed E-state index contributed by atoms with van der Waals surface area (Å²) in [4.78, 5) is 9.55. The van der Waals surface area contributed by atoms with Gasteiger partial charge >= 0.3 is 7.25 Å². The number of rotatable bonds is 1. The molecule has 0 aromatic rings. The zero-order valence-corrected chi connectivity index (χ0v) is 6.38. The summed E-state index contributed by atoms with van der Waals surface area (Å²) < 4.78 is 39.0. The Bertz CT molecular complexity index is 132. The summed E-state index contributed by atoms with van der Waals surface area (Å²) in [5, 5.41) is 5.31. The van der Waals surface area contributed by atoms with Crippen molar-refractivity contribution >= 4 is 30.3 Å². The second kappa shape index (κ2) is 6.20. The average Bonchev–Trinajstić information content (AvgIpc) is 1.83. The van der Waals surface area contributed by atoms with E-state index in [-0.39, 0.29) is 0 Å². The molecule has 0 aliphatic rings. The highest BCUT2D eigenvalue weighted by Crippen LogP contribution is 2.06. The third-order valence-corrected chi connectivity index (χ3v) is 0.919. The van der Waals surface area contributed by atoms with Crippen molar-refractivity contribution < 1.29 is 27.5 Å². The van der Waals surface area contributed by atoms with Crippen LogP contribution in [-0.4, -0.2) is 24.8 Å². The predicted octanol–water partition coefficient (Wildman–Crippen LogP) is 0.00590. The van der Waals surface area contributed by atoms with E-state index in [2.05, 4.69) is 0 Å². The number of halogens is 4. The van der Waals surface area contributed by atoms with E-state index in [0.717, 1.165) is 0 Å². The highest BCUT2D eigenvalue weighted by atomic mass is 32.2. The maximum Gasteiger partial charge on any atom is 0.673 e. The molecule has 66 valence electrons. The van der Waals surface area contributed by atoms with Gasteiger partial charge in [-0.15, -0.1) is 0 Å². The Kier molecular flexibility index (Phi) is 7.38. The van der Waals surface area contributed by atoms with Crippen molar-refractivity contribution in [1.29, 1.82) is 0 Å². The molecular formula is C3H6BF4NOS. The van der Waals surface area contributed by atoms with E-state index in [1.165, 1.54) is 11.8 Å². The summed E-state index contributed by atoms with van der Waals surface area (Å²) in [7, 11) is -6.00. The Balaban J connectivity index is 0. The van der Waals surface area contributed by atoms with Gasteiger partial charge in [-0.1, -0.05) is 11.8 Å². The number of thioether (sulfide) groups is 1. The molecule has 0 saturated heterocycles. The largest absolute Gasteiger partial charge is 0.673 e. The SMILES string of the molecule is CSC(=[NH2+])C=O.F[B-](F)(F)F. The number of carbonyl (C=O) groups is 1. The molecule has 0 atom stereocenters.